The van der Waals surface area contributed by atoms with Crippen LogP contribution in [-0.2, 0) is 17.6 Å². The molecule has 8 nitrogen and oxygen atoms in total. The zero-order chi connectivity index (χ0) is 24.8. The number of rotatable bonds is 10. The highest BCUT2D eigenvalue weighted by Crippen LogP contribution is 2.16. The second-order valence-electron chi connectivity index (χ2n) is 8.45. The molecule has 0 spiro atoms. The summed E-state index contributed by atoms with van der Waals surface area (Å²) >= 11 is 5.90. The lowest BCUT2D eigenvalue weighted by molar-refractivity contribution is -0.121. The molecule has 1 atom stereocenters. The number of benzene rings is 2. The Morgan fingerprint density at radius 1 is 1.09 bits per heavy atom. The number of nitrogens with zero attached hydrogens (tertiary/aromatic N) is 4. The maximum absolute atomic E-state index is 13.0. The molecule has 1 N–H and O–H groups in total. The van der Waals surface area contributed by atoms with Crippen LogP contribution in [0.1, 0.15) is 31.7 Å². The third-order valence-electron chi connectivity index (χ3n) is 5.68. The molecule has 4 rings (SSSR count). The molecule has 0 saturated carbocycles. The van der Waals surface area contributed by atoms with Crippen molar-refractivity contribution in [2.75, 3.05) is 13.2 Å². The van der Waals surface area contributed by atoms with Crippen molar-refractivity contribution in [3.63, 3.8) is 0 Å². The number of carbonyl (C=O) groups is 1. The summed E-state index contributed by atoms with van der Waals surface area (Å²) in [5.74, 6) is 1.42. The molecule has 0 radical (unpaired) electrons. The molecule has 0 aliphatic carbocycles. The van der Waals surface area contributed by atoms with Crippen LogP contribution in [0.3, 0.4) is 0 Å². The standard InChI is InChI=1S/C26H28ClN5O3/c1-3-35-22-10-8-21(9-11-22)31-14-15-32-23(29-30-25(32)26(31)34)16-18(2)17-24(33)28-13-12-19-4-6-20(27)7-5-19/h4-11,14-15,18H,3,12-13,16-17H2,1-2H3,(H,28,33)/t18-/m1/s1. The average molecular weight is 494 g/mol. The van der Waals surface area contributed by atoms with E-state index in [1.807, 2.05) is 62.4 Å². The van der Waals surface area contributed by atoms with Crippen molar-refractivity contribution < 1.29 is 9.53 Å². The molecule has 0 saturated heterocycles. The number of hydrogen-bond acceptors (Lipinski definition) is 5. The highest BCUT2D eigenvalue weighted by Gasteiger charge is 2.16. The van der Waals surface area contributed by atoms with Crippen molar-refractivity contribution >= 4 is 23.2 Å². The third kappa shape index (κ3) is 6.08. The zero-order valence-electron chi connectivity index (χ0n) is 19.8. The van der Waals surface area contributed by atoms with Crippen molar-refractivity contribution in [1.82, 2.24) is 24.5 Å². The van der Waals surface area contributed by atoms with Crippen LogP contribution in [0.15, 0.2) is 65.7 Å². The molecule has 182 valence electrons. The summed E-state index contributed by atoms with van der Waals surface area (Å²) in [6.07, 6.45) is 5.11. The number of halogens is 1. The van der Waals surface area contributed by atoms with Gasteiger partial charge < -0.3 is 10.1 Å². The molecule has 0 bridgehead atoms. The number of amides is 1. The molecule has 0 unspecified atom stereocenters. The van der Waals surface area contributed by atoms with Crippen LogP contribution in [0.25, 0.3) is 11.3 Å². The fraction of sp³-hybridized carbons (Fsp3) is 0.308. The smallest absolute Gasteiger partial charge is 0.300 e. The molecule has 4 aromatic rings. The lowest BCUT2D eigenvalue weighted by Gasteiger charge is -2.11. The van der Waals surface area contributed by atoms with Crippen molar-refractivity contribution in [3.05, 3.63) is 87.7 Å². The van der Waals surface area contributed by atoms with Gasteiger partial charge in [0.15, 0.2) is 0 Å². The van der Waals surface area contributed by atoms with E-state index in [2.05, 4.69) is 15.5 Å². The van der Waals surface area contributed by atoms with Gasteiger partial charge in [0.1, 0.15) is 11.6 Å². The first-order valence-corrected chi connectivity index (χ1v) is 12.0. The Morgan fingerprint density at radius 3 is 2.54 bits per heavy atom. The number of fused-ring (bicyclic) bond motifs is 1. The van der Waals surface area contributed by atoms with E-state index in [1.165, 1.54) is 4.57 Å². The summed E-state index contributed by atoms with van der Waals surface area (Å²) in [6.45, 7) is 5.05. The lowest BCUT2D eigenvalue weighted by atomic mass is 10.0. The monoisotopic (exact) mass is 493 g/mol. The van der Waals surface area contributed by atoms with Gasteiger partial charge in [-0.3, -0.25) is 18.6 Å². The minimum absolute atomic E-state index is 0.0156. The van der Waals surface area contributed by atoms with Gasteiger partial charge >= 0.3 is 5.56 Å². The number of nitrogens with one attached hydrogen (secondary N) is 1. The van der Waals surface area contributed by atoms with Gasteiger partial charge in [0.05, 0.1) is 6.61 Å². The van der Waals surface area contributed by atoms with E-state index in [1.54, 1.807) is 16.8 Å². The van der Waals surface area contributed by atoms with E-state index in [9.17, 15) is 9.59 Å². The van der Waals surface area contributed by atoms with Crippen LogP contribution in [-0.4, -0.2) is 38.2 Å². The minimum atomic E-state index is -0.261. The van der Waals surface area contributed by atoms with Gasteiger partial charge in [0.2, 0.25) is 11.6 Å². The van der Waals surface area contributed by atoms with Crippen LogP contribution in [0.4, 0.5) is 0 Å². The van der Waals surface area contributed by atoms with Gasteiger partial charge in [-0.15, -0.1) is 10.2 Å². The van der Waals surface area contributed by atoms with Crippen molar-refractivity contribution in [2.45, 2.75) is 33.1 Å². The molecular weight excluding hydrogens is 466 g/mol. The van der Waals surface area contributed by atoms with E-state index >= 15 is 0 Å². The van der Waals surface area contributed by atoms with E-state index in [4.69, 9.17) is 16.3 Å². The van der Waals surface area contributed by atoms with Crippen molar-refractivity contribution in [2.24, 2.45) is 5.92 Å². The Kier molecular flexibility index (Phi) is 7.82. The topological polar surface area (TPSA) is 90.5 Å². The number of hydrogen-bond donors (Lipinski definition) is 1. The first-order chi connectivity index (χ1) is 16.9. The summed E-state index contributed by atoms with van der Waals surface area (Å²) in [7, 11) is 0. The molecule has 0 aliphatic rings. The van der Waals surface area contributed by atoms with E-state index in [0.717, 1.165) is 17.7 Å². The largest absolute Gasteiger partial charge is 0.494 e. The Morgan fingerprint density at radius 2 is 1.83 bits per heavy atom. The first-order valence-electron chi connectivity index (χ1n) is 11.6. The van der Waals surface area contributed by atoms with Gasteiger partial charge in [0.25, 0.3) is 0 Å². The van der Waals surface area contributed by atoms with Crippen LogP contribution in [0.5, 0.6) is 5.75 Å². The van der Waals surface area contributed by atoms with Crippen molar-refractivity contribution in [3.8, 4) is 11.4 Å². The maximum atomic E-state index is 13.0. The number of aromatic nitrogens is 4. The maximum Gasteiger partial charge on any atom is 0.300 e. The summed E-state index contributed by atoms with van der Waals surface area (Å²) < 4.78 is 8.69. The molecule has 9 heteroatoms. The zero-order valence-corrected chi connectivity index (χ0v) is 20.5. The normalized spacial score (nSPS) is 12.0. The Hall–Kier alpha value is -3.65. The van der Waals surface area contributed by atoms with Gasteiger partial charge in [-0.05, 0) is 61.2 Å². The number of carbonyl (C=O) groups excluding carboxylic acids is 1. The predicted octanol–water partition coefficient (Wildman–Crippen LogP) is 3.86. The fourth-order valence-corrected chi connectivity index (χ4v) is 4.04. The van der Waals surface area contributed by atoms with Gasteiger partial charge in [-0.2, -0.15) is 0 Å². The van der Waals surface area contributed by atoms with Gasteiger partial charge in [0, 0.05) is 42.5 Å². The van der Waals surface area contributed by atoms with E-state index < -0.39 is 0 Å². The molecular formula is C26H28ClN5O3. The Balaban J connectivity index is 1.36. The highest BCUT2D eigenvalue weighted by molar-refractivity contribution is 6.30. The Bertz CT molecular complexity index is 1350. The second kappa shape index (κ2) is 11.2. The summed E-state index contributed by atoms with van der Waals surface area (Å²) in [6, 6.07) is 14.9. The van der Waals surface area contributed by atoms with Crippen LogP contribution < -0.4 is 15.6 Å². The van der Waals surface area contributed by atoms with Crippen LogP contribution >= 0.6 is 11.6 Å². The number of ether oxygens (including phenoxy) is 1. The molecule has 0 fully saturated rings. The summed E-state index contributed by atoms with van der Waals surface area (Å²) in [5, 5.41) is 12.0. The quantitative estimate of drug-likeness (QED) is 0.362. The highest BCUT2D eigenvalue weighted by atomic mass is 35.5. The molecule has 0 aliphatic heterocycles. The molecule has 2 aromatic heterocycles. The van der Waals surface area contributed by atoms with Crippen LogP contribution in [0.2, 0.25) is 5.02 Å². The lowest BCUT2D eigenvalue weighted by Crippen LogP contribution is -2.27. The summed E-state index contributed by atoms with van der Waals surface area (Å²) in [5.41, 5.74) is 1.82. The van der Waals surface area contributed by atoms with Gasteiger partial charge in [-0.25, -0.2) is 0 Å². The Labute approximate surface area is 208 Å². The molecule has 2 aromatic carbocycles. The summed E-state index contributed by atoms with van der Waals surface area (Å²) in [4.78, 5) is 25.4. The fourth-order valence-electron chi connectivity index (χ4n) is 3.92. The van der Waals surface area contributed by atoms with E-state index in [0.29, 0.717) is 42.5 Å². The second-order valence-corrected chi connectivity index (χ2v) is 8.89. The average Bonchev–Trinajstić information content (AvgIpc) is 3.25. The van der Waals surface area contributed by atoms with Crippen molar-refractivity contribution in [1.29, 1.82) is 0 Å². The SMILES string of the molecule is CCOc1ccc(-n2ccn3c(C[C@@H](C)CC(=O)NCCc4ccc(Cl)cc4)nnc3c2=O)cc1. The third-order valence-corrected chi connectivity index (χ3v) is 5.93. The van der Waals surface area contributed by atoms with E-state index in [-0.39, 0.29) is 23.0 Å². The minimum Gasteiger partial charge on any atom is -0.494 e. The van der Waals surface area contributed by atoms with Crippen LogP contribution in [0, 0.1) is 5.92 Å². The predicted molar refractivity (Wildman–Crippen MR) is 135 cm³/mol. The molecule has 35 heavy (non-hydrogen) atoms. The first kappa shape index (κ1) is 24.5. The van der Waals surface area contributed by atoms with Gasteiger partial charge in [-0.1, -0.05) is 30.7 Å². The molecule has 1 amide bonds. The molecule has 2 heterocycles.